The van der Waals surface area contributed by atoms with Crippen LogP contribution in [-0.4, -0.2) is 57.4 Å². The minimum absolute atomic E-state index is 0.235. The van der Waals surface area contributed by atoms with Crippen LogP contribution < -0.4 is 5.73 Å². The first-order valence-electron chi connectivity index (χ1n) is 5.46. The van der Waals surface area contributed by atoms with Crippen LogP contribution in [0.1, 0.15) is 6.92 Å². The van der Waals surface area contributed by atoms with Crippen molar-refractivity contribution in [1.82, 2.24) is 4.90 Å². The standard InChI is InChI=1S/C10H17N3O4/c1-5-8(15)6(4-14)17-9(5)13-3-2-7(11)12-10(13)16/h2-3,5-6,8-10,14-16H,4H2,1H3,(H2,11,12)/t5?,6-,8?,9-,10?/m1/s1. The van der Waals surface area contributed by atoms with Gasteiger partial charge in [-0.25, -0.2) is 4.99 Å². The lowest BCUT2D eigenvalue weighted by Crippen LogP contribution is -2.44. The number of ether oxygens (including phenoxy) is 1. The van der Waals surface area contributed by atoms with Gasteiger partial charge in [-0.15, -0.1) is 0 Å². The molecule has 1 fully saturated rings. The van der Waals surface area contributed by atoms with Gasteiger partial charge in [-0.2, -0.15) is 0 Å². The molecule has 0 aromatic heterocycles. The van der Waals surface area contributed by atoms with Gasteiger partial charge in [0.05, 0.1) is 12.7 Å². The first-order chi connectivity index (χ1) is 8.04. The minimum Gasteiger partial charge on any atom is -0.394 e. The maximum absolute atomic E-state index is 9.82. The van der Waals surface area contributed by atoms with Crippen LogP contribution in [0, 0.1) is 5.92 Å². The lowest BCUT2D eigenvalue weighted by atomic mass is 10.0. The van der Waals surface area contributed by atoms with E-state index in [9.17, 15) is 10.2 Å². The summed E-state index contributed by atoms with van der Waals surface area (Å²) in [5, 5.41) is 28.6. The Morgan fingerprint density at radius 2 is 2.24 bits per heavy atom. The van der Waals surface area contributed by atoms with Gasteiger partial charge in [-0.05, 0) is 6.08 Å². The van der Waals surface area contributed by atoms with Crippen molar-refractivity contribution in [2.45, 2.75) is 31.7 Å². The monoisotopic (exact) mass is 243 g/mol. The van der Waals surface area contributed by atoms with Gasteiger partial charge in [0, 0.05) is 12.1 Å². The predicted molar refractivity (Wildman–Crippen MR) is 59.5 cm³/mol. The zero-order valence-corrected chi connectivity index (χ0v) is 9.47. The van der Waals surface area contributed by atoms with Crippen LogP contribution in [0.4, 0.5) is 0 Å². The molecule has 3 unspecified atom stereocenters. The first-order valence-corrected chi connectivity index (χ1v) is 5.46. The SMILES string of the molecule is CC1C(O)[C@@H](CO)O[C@H]1N1C=CC(N)=NC1O. The van der Waals surface area contributed by atoms with E-state index in [2.05, 4.69) is 4.99 Å². The highest BCUT2D eigenvalue weighted by atomic mass is 16.5. The van der Waals surface area contributed by atoms with Crippen LogP contribution in [0.25, 0.3) is 0 Å². The van der Waals surface area contributed by atoms with Crippen LogP contribution in [0.15, 0.2) is 17.3 Å². The van der Waals surface area contributed by atoms with Crippen molar-refractivity contribution in [3.05, 3.63) is 12.3 Å². The predicted octanol–water partition coefficient (Wildman–Crippen LogP) is -1.84. The molecule has 0 saturated carbocycles. The third-order valence-corrected chi connectivity index (χ3v) is 3.11. The lowest BCUT2D eigenvalue weighted by molar-refractivity contribution is -0.117. The fourth-order valence-electron chi connectivity index (χ4n) is 2.08. The topological polar surface area (TPSA) is 112 Å². The van der Waals surface area contributed by atoms with Crippen LogP contribution in [0.5, 0.6) is 0 Å². The molecule has 0 amide bonds. The molecule has 17 heavy (non-hydrogen) atoms. The molecular weight excluding hydrogens is 226 g/mol. The Bertz CT molecular complexity index is 346. The third-order valence-electron chi connectivity index (χ3n) is 3.11. The second kappa shape index (κ2) is 4.61. The Kier molecular flexibility index (Phi) is 3.34. The highest BCUT2D eigenvalue weighted by Crippen LogP contribution is 2.30. The normalized spacial score (nSPS) is 41.8. The second-order valence-electron chi connectivity index (χ2n) is 4.26. The van der Waals surface area contributed by atoms with E-state index in [-0.39, 0.29) is 18.4 Å². The van der Waals surface area contributed by atoms with Crippen molar-refractivity contribution in [2.75, 3.05) is 6.61 Å². The molecule has 2 aliphatic rings. The molecule has 96 valence electrons. The van der Waals surface area contributed by atoms with Gasteiger partial charge < -0.3 is 30.7 Å². The maximum atomic E-state index is 9.82. The summed E-state index contributed by atoms with van der Waals surface area (Å²) in [6.45, 7) is 1.52. The highest BCUT2D eigenvalue weighted by molar-refractivity contribution is 5.91. The molecule has 0 aromatic rings. The van der Waals surface area contributed by atoms with E-state index in [0.29, 0.717) is 0 Å². The Labute approximate surface area is 98.8 Å². The van der Waals surface area contributed by atoms with Crippen molar-refractivity contribution in [3.8, 4) is 0 Å². The van der Waals surface area contributed by atoms with E-state index in [1.807, 2.05) is 0 Å². The van der Waals surface area contributed by atoms with E-state index in [1.165, 1.54) is 4.90 Å². The molecule has 0 spiro atoms. The third kappa shape index (κ3) is 2.14. The van der Waals surface area contributed by atoms with E-state index in [4.69, 9.17) is 15.6 Å². The molecule has 1 saturated heterocycles. The number of rotatable bonds is 2. The van der Waals surface area contributed by atoms with Gasteiger partial charge in [0.1, 0.15) is 18.2 Å². The summed E-state index contributed by atoms with van der Waals surface area (Å²) in [4.78, 5) is 5.24. The highest BCUT2D eigenvalue weighted by Gasteiger charge is 2.44. The Balaban J connectivity index is 2.12. The van der Waals surface area contributed by atoms with Crippen molar-refractivity contribution >= 4 is 5.84 Å². The molecule has 2 heterocycles. The number of nitrogens with two attached hydrogens (primary N) is 1. The molecule has 2 rings (SSSR count). The van der Waals surface area contributed by atoms with E-state index in [0.717, 1.165) is 0 Å². The van der Waals surface area contributed by atoms with Crippen LogP contribution in [-0.2, 0) is 4.74 Å². The van der Waals surface area contributed by atoms with E-state index >= 15 is 0 Å². The zero-order chi connectivity index (χ0) is 12.6. The summed E-state index contributed by atoms with van der Waals surface area (Å²) < 4.78 is 5.48. The number of aliphatic hydroxyl groups is 3. The summed E-state index contributed by atoms with van der Waals surface area (Å²) in [5.41, 5.74) is 5.45. The van der Waals surface area contributed by atoms with Crippen LogP contribution in [0.3, 0.4) is 0 Å². The first kappa shape index (κ1) is 12.3. The molecule has 0 radical (unpaired) electrons. The van der Waals surface area contributed by atoms with Gasteiger partial charge in [0.2, 0.25) is 6.35 Å². The molecule has 7 heteroatoms. The van der Waals surface area contributed by atoms with Crippen LogP contribution in [0.2, 0.25) is 0 Å². The largest absolute Gasteiger partial charge is 0.394 e. The van der Waals surface area contributed by atoms with Crippen molar-refractivity contribution in [2.24, 2.45) is 16.6 Å². The van der Waals surface area contributed by atoms with Crippen LogP contribution >= 0.6 is 0 Å². The molecule has 0 aromatic carbocycles. The summed E-state index contributed by atoms with van der Waals surface area (Å²) in [7, 11) is 0. The van der Waals surface area contributed by atoms with Crippen molar-refractivity contribution in [3.63, 3.8) is 0 Å². The lowest BCUT2D eigenvalue weighted by Gasteiger charge is -2.33. The molecule has 5 N–H and O–H groups in total. The second-order valence-corrected chi connectivity index (χ2v) is 4.26. The van der Waals surface area contributed by atoms with E-state index < -0.39 is 24.8 Å². The number of hydrogen-bond acceptors (Lipinski definition) is 7. The number of amidine groups is 1. The molecule has 0 aliphatic carbocycles. The van der Waals surface area contributed by atoms with Crippen molar-refractivity contribution in [1.29, 1.82) is 0 Å². The Hall–Kier alpha value is -1.15. The van der Waals surface area contributed by atoms with Gasteiger partial charge in [0.25, 0.3) is 0 Å². The van der Waals surface area contributed by atoms with Gasteiger partial charge in [-0.3, -0.25) is 0 Å². The fraction of sp³-hybridized carbons (Fsp3) is 0.700. The molecule has 2 aliphatic heterocycles. The average Bonchev–Trinajstić information content (AvgIpc) is 2.57. The molecule has 0 bridgehead atoms. The number of hydrogen-bond donors (Lipinski definition) is 4. The fourth-order valence-corrected chi connectivity index (χ4v) is 2.08. The molecular formula is C10H17N3O4. The number of nitrogens with zero attached hydrogens (tertiary/aromatic N) is 2. The summed E-state index contributed by atoms with van der Waals surface area (Å²) in [6.07, 6.45) is 0.0392. The summed E-state index contributed by atoms with van der Waals surface area (Å²) in [6, 6.07) is 0. The minimum atomic E-state index is -1.13. The number of aliphatic imine (C=N–C) groups is 1. The molecule has 7 nitrogen and oxygen atoms in total. The Morgan fingerprint density at radius 1 is 1.53 bits per heavy atom. The summed E-state index contributed by atoms with van der Waals surface area (Å²) >= 11 is 0. The average molecular weight is 243 g/mol. The summed E-state index contributed by atoms with van der Waals surface area (Å²) in [5.74, 6) is -0.0142. The van der Waals surface area contributed by atoms with Gasteiger partial charge in [-0.1, -0.05) is 6.92 Å². The van der Waals surface area contributed by atoms with E-state index in [1.54, 1.807) is 19.2 Å². The number of aliphatic hydroxyl groups excluding tert-OH is 3. The zero-order valence-electron chi connectivity index (χ0n) is 9.47. The quantitative estimate of drug-likeness (QED) is 0.453. The smallest absolute Gasteiger partial charge is 0.229 e. The molecule has 5 atom stereocenters. The van der Waals surface area contributed by atoms with Gasteiger partial charge in [0.15, 0.2) is 0 Å². The van der Waals surface area contributed by atoms with Crippen molar-refractivity contribution < 1.29 is 20.1 Å². The maximum Gasteiger partial charge on any atom is 0.229 e. The van der Waals surface area contributed by atoms with Gasteiger partial charge >= 0.3 is 0 Å². The Morgan fingerprint density at radius 3 is 2.76 bits per heavy atom.